The number of carbonyl (C=O) groups excluding carboxylic acids is 1. The van der Waals surface area contributed by atoms with Crippen molar-refractivity contribution < 1.29 is 9.53 Å². The molecule has 2 rings (SSSR count). The maximum Gasteiger partial charge on any atom is 0.410 e. The number of amides is 1. The largest absolute Gasteiger partial charge is 0.444 e. The van der Waals surface area contributed by atoms with Crippen molar-refractivity contribution in [3.05, 3.63) is 0 Å². The molecule has 1 saturated carbocycles. The fourth-order valence-electron chi connectivity index (χ4n) is 2.68. The average Bonchev–Trinajstić information content (AvgIpc) is 2.95. The van der Waals surface area contributed by atoms with Crippen LogP contribution < -0.4 is 5.73 Å². The van der Waals surface area contributed by atoms with E-state index < -0.39 is 5.60 Å². The maximum absolute atomic E-state index is 12.0. The molecular weight excluding hydrogens is 216 g/mol. The highest BCUT2D eigenvalue weighted by Crippen LogP contribution is 2.43. The third-order valence-electron chi connectivity index (χ3n) is 3.67. The first-order valence-corrected chi connectivity index (χ1v) is 6.58. The minimum Gasteiger partial charge on any atom is -0.444 e. The fraction of sp³-hybridized carbons (Fsp3) is 0.923. The highest BCUT2D eigenvalue weighted by molar-refractivity contribution is 5.68. The summed E-state index contributed by atoms with van der Waals surface area (Å²) in [4.78, 5) is 13.8. The van der Waals surface area contributed by atoms with Gasteiger partial charge in [0.2, 0.25) is 0 Å². The standard InChI is InChI=1S/C13H24N2O2/c1-13(2,3)17-12(16)15-7-10(6-14)11(8-15)9-4-5-9/h9-11H,4-8,14H2,1-3H3. The van der Waals surface area contributed by atoms with Gasteiger partial charge in [-0.3, -0.25) is 0 Å². The van der Waals surface area contributed by atoms with Crippen LogP contribution in [0.2, 0.25) is 0 Å². The molecule has 17 heavy (non-hydrogen) atoms. The Morgan fingerprint density at radius 3 is 2.47 bits per heavy atom. The minimum atomic E-state index is -0.410. The first kappa shape index (κ1) is 12.7. The Balaban J connectivity index is 1.92. The molecule has 4 heteroatoms. The summed E-state index contributed by atoms with van der Waals surface area (Å²) in [5.41, 5.74) is 5.39. The monoisotopic (exact) mass is 240 g/mol. The van der Waals surface area contributed by atoms with Gasteiger partial charge < -0.3 is 15.4 Å². The van der Waals surface area contributed by atoms with Gasteiger partial charge in [-0.15, -0.1) is 0 Å². The summed E-state index contributed by atoms with van der Waals surface area (Å²) in [6.07, 6.45) is 2.44. The zero-order chi connectivity index (χ0) is 12.6. The van der Waals surface area contributed by atoms with Crippen molar-refractivity contribution in [2.24, 2.45) is 23.5 Å². The van der Waals surface area contributed by atoms with Crippen LogP contribution in [0.3, 0.4) is 0 Å². The van der Waals surface area contributed by atoms with Crippen LogP contribution in [-0.4, -0.2) is 36.2 Å². The number of nitrogens with two attached hydrogens (primary N) is 1. The van der Waals surface area contributed by atoms with Gasteiger partial charge in [0, 0.05) is 13.1 Å². The van der Waals surface area contributed by atoms with Gasteiger partial charge in [0.25, 0.3) is 0 Å². The quantitative estimate of drug-likeness (QED) is 0.801. The Labute approximate surface area is 103 Å². The Kier molecular flexibility index (Phi) is 3.34. The number of rotatable bonds is 2. The third kappa shape index (κ3) is 3.12. The average molecular weight is 240 g/mol. The molecule has 1 aliphatic heterocycles. The summed E-state index contributed by atoms with van der Waals surface area (Å²) in [7, 11) is 0. The summed E-state index contributed by atoms with van der Waals surface area (Å²) < 4.78 is 5.41. The molecule has 1 amide bonds. The van der Waals surface area contributed by atoms with Gasteiger partial charge in [0.1, 0.15) is 5.60 Å². The van der Waals surface area contributed by atoms with Crippen molar-refractivity contribution >= 4 is 6.09 Å². The van der Waals surface area contributed by atoms with Crippen LogP contribution in [0.15, 0.2) is 0 Å². The van der Waals surface area contributed by atoms with Crippen molar-refractivity contribution in [1.29, 1.82) is 0 Å². The van der Waals surface area contributed by atoms with Crippen LogP contribution in [0.1, 0.15) is 33.6 Å². The van der Waals surface area contributed by atoms with Gasteiger partial charge in [0.15, 0.2) is 0 Å². The lowest BCUT2D eigenvalue weighted by Gasteiger charge is -2.24. The molecular formula is C13H24N2O2. The Hall–Kier alpha value is -0.770. The zero-order valence-corrected chi connectivity index (χ0v) is 11.1. The van der Waals surface area contributed by atoms with Crippen LogP contribution in [0.4, 0.5) is 4.79 Å². The molecule has 1 saturated heterocycles. The van der Waals surface area contributed by atoms with E-state index in [-0.39, 0.29) is 6.09 Å². The first-order valence-electron chi connectivity index (χ1n) is 6.58. The summed E-state index contributed by atoms with van der Waals surface area (Å²) in [5, 5.41) is 0. The molecule has 2 atom stereocenters. The summed E-state index contributed by atoms with van der Waals surface area (Å²) in [6.45, 7) is 7.99. The van der Waals surface area contributed by atoms with E-state index in [2.05, 4.69) is 0 Å². The second-order valence-electron chi connectivity index (χ2n) is 6.38. The van der Waals surface area contributed by atoms with Gasteiger partial charge in [-0.05, 0) is 57.9 Å². The number of ether oxygens (including phenoxy) is 1. The Morgan fingerprint density at radius 1 is 1.35 bits per heavy atom. The van der Waals surface area contributed by atoms with Crippen LogP contribution in [0.25, 0.3) is 0 Å². The van der Waals surface area contributed by atoms with E-state index in [1.807, 2.05) is 25.7 Å². The van der Waals surface area contributed by atoms with Crippen molar-refractivity contribution in [2.45, 2.75) is 39.2 Å². The van der Waals surface area contributed by atoms with E-state index in [1.54, 1.807) is 0 Å². The van der Waals surface area contributed by atoms with Crippen LogP contribution >= 0.6 is 0 Å². The lowest BCUT2D eigenvalue weighted by Crippen LogP contribution is -2.35. The Bertz CT molecular complexity index is 294. The van der Waals surface area contributed by atoms with E-state index in [4.69, 9.17) is 10.5 Å². The van der Waals surface area contributed by atoms with Gasteiger partial charge in [0.05, 0.1) is 0 Å². The number of hydrogen-bond acceptors (Lipinski definition) is 3. The van der Waals surface area contributed by atoms with Crippen molar-refractivity contribution in [3.8, 4) is 0 Å². The van der Waals surface area contributed by atoms with E-state index >= 15 is 0 Å². The molecule has 2 N–H and O–H groups in total. The fourth-order valence-corrected chi connectivity index (χ4v) is 2.68. The molecule has 2 aliphatic rings. The molecule has 0 radical (unpaired) electrons. The van der Waals surface area contributed by atoms with E-state index in [0.29, 0.717) is 18.4 Å². The second-order valence-corrected chi connectivity index (χ2v) is 6.38. The predicted octanol–water partition coefficient (Wildman–Crippen LogP) is 1.84. The van der Waals surface area contributed by atoms with E-state index in [9.17, 15) is 4.79 Å². The lowest BCUT2D eigenvalue weighted by molar-refractivity contribution is 0.0283. The first-order chi connectivity index (χ1) is 7.90. The molecule has 4 nitrogen and oxygen atoms in total. The van der Waals surface area contributed by atoms with Gasteiger partial charge >= 0.3 is 6.09 Å². The number of hydrogen-bond donors (Lipinski definition) is 1. The lowest BCUT2D eigenvalue weighted by atomic mass is 9.92. The molecule has 2 fully saturated rings. The zero-order valence-electron chi connectivity index (χ0n) is 11.1. The maximum atomic E-state index is 12.0. The summed E-state index contributed by atoms with van der Waals surface area (Å²) in [5.74, 6) is 1.87. The molecule has 0 aromatic carbocycles. The molecule has 1 heterocycles. The minimum absolute atomic E-state index is 0.181. The van der Waals surface area contributed by atoms with Gasteiger partial charge in [-0.1, -0.05) is 0 Å². The van der Waals surface area contributed by atoms with Crippen LogP contribution in [-0.2, 0) is 4.74 Å². The van der Waals surface area contributed by atoms with E-state index in [1.165, 1.54) is 12.8 Å². The topological polar surface area (TPSA) is 55.6 Å². The number of likely N-dealkylation sites (tertiary alicyclic amines) is 1. The van der Waals surface area contributed by atoms with E-state index in [0.717, 1.165) is 19.0 Å². The molecule has 0 spiro atoms. The smallest absolute Gasteiger partial charge is 0.410 e. The van der Waals surface area contributed by atoms with Gasteiger partial charge in [-0.2, -0.15) is 0 Å². The van der Waals surface area contributed by atoms with Crippen molar-refractivity contribution in [3.63, 3.8) is 0 Å². The molecule has 2 unspecified atom stereocenters. The van der Waals surface area contributed by atoms with Crippen LogP contribution in [0.5, 0.6) is 0 Å². The SMILES string of the molecule is CC(C)(C)OC(=O)N1CC(CN)C(C2CC2)C1. The molecule has 0 bridgehead atoms. The predicted molar refractivity (Wildman–Crippen MR) is 66.6 cm³/mol. The molecule has 1 aliphatic carbocycles. The highest BCUT2D eigenvalue weighted by atomic mass is 16.6. The normalized spacial score (nSPS) is 29.5. The highest BCUT2D eigenvalue weighted by Gasteiger charge is 2.43. The molecule has 0 aromatic rings. The summed E-state index contributed by atoms with van der Waals surface area (Å²) >= 11 is 0. The van der Waals surface area contributed by atoms with Gasteiger partial charge in [-0.25, -0.2) is 4.79 Å². The summed E-state index contributed by atoms with van der Waals surface area (Å²) in [6, 6.07) is 0. The number of carbonyl (C=O) groups is 1. The van der Waals surface area contributed by atoms with Crippen molar-refractivity contribution in [2.75, 3.05) is 19.6 Å². The second kappa shape index (κ2) is 4.48. The molecule has 0 aromatic heterocycles. The molecule has 98 valence electrons. The Morgan fingerprint density at radius 2 is 2.00 bits per heavy atom. The number of nitrogens with zero attached hydrogens (tertiary/aromatic N) is 1. The third-order valence-corrected chi connectivity index (χ3v) is 3.67. The van der Waals surface area contributed by atoms with Crippen molar-refractivity contribution in [1.82, 2.24) is 4.90 Å². The van der Waals surface area contributed by atoms with Crippen LogP contribution in [0, 0.1) is 17.8 Å².